The maximum Gasteiger partial charge on any atom is 0.323 e. The predicted molar refractivity (Wildman–Crippen MR) is 144 cm³/mol. The Morgan fingerprint density at radius 3 is 2.27 bits per heavy atom. The van der Waals surface area contributed by atoms with Gasteiger partial charge in [-0.2, -0.15) is 0 Å². The first-order valence-corrected chi connectivity index (χ1v) is 12.2. The molecular weight excluding hydrogens is 472 g/mol. The summed E-state index contributed by atoms with van der Waals surface area (Å²) in [4.78, 5) is 49.0. The molecule has 9 heteroatoms. The Kier molecular flexibility index (Phi) is 11.3. The molecule has 0 aliphatic heterocycles. The lowest BCUT2D eigenvalue weighted by Gasteiger charge is -2.21. The molecule has 0 radical (unpaired) electrons. The molecule has 37 heavy (non-hydrogen) atoms. The number of hydrogen-bond acceptors (Lipinski definition) is 4. The summed E-state index contributed by atoms with van der Waals surface area (Å²) >= 11 is 0. The molecule has 0 aliphatic carbocycles. The minimum absolute atomic E-state index is 0.0451. The minimum Gasteiger partial charge on any atom is -0.481 e. The average molecular weight is 509 g/mol. The van der Waals surface area contributed by atoms with Crippen molar-refractivity contribution < 1.29 is 24.3 Å². The number of para-hydroxylation sites is 1. The Morgan fingerprint density at radius 1 is 1.00 bits per heavy atom. The van der Waals surface area contributed by atoms with Crippen LogP contribution in [-0.4, -0.2) is 41.5 Å². The zero-order valence-corrected chi connectivity index (χ0v) is 21.5. The lowest BCUT2D eigenvalue weighted by atomic mass is 10.0. The van der Waals surface area contributed by atoms with Gasteiger partial charge in [-0.15, -0.1) is 6.58 Å². The van der Waals surface area contributed by atoms with Crippen molar-refractivity contribution in [3.8, 4) is 0 Å². The highest BCUT2D eigenvalue weighted by atomic mass is 16.4. The van der Waals surface area contributed by atoms with E-state index in [4.69, 9.17) is 0 Å². The number of urea groups is 1. The fourth-order valence-corrected chi connectivity index (χ4v) is 3.66. The summed E-state index contributed by atoms with van der Waals surface area (Å²) in [7, 11) is 0. The molecule has 0 saturated carbocycles. The van der Waals surface area contributed by atoms with Gasteiger partial charge in [0.25, 0.3) is 0 Å². The van der Waals surface area contributed by atoms with Crippen LogP contribution in [0.5, 0.6) is 0 Å². The van der Waals surface area contributed by atoms with E-state index in [1.807, 2.05) is 45.0 Å². The second-order valence-corrected chi connectivity index (χ2v) is 9.32. The van der Waals surface area contributed by atoms with Crippen molar-refractivity contribution in [1.29, 1.82) is 0 Å². The van der Waals surface area contributed by atoms with E-state index in [1.54, 1.807) is 24.3 Å². The van der Waals surface area contributed by atoms with E-state index >= 15 is 0 Å². The lowest BCUT2D eigenvalue weighted by molar-refractivity contribution is -0.141. The summed E-state index contributed by atoms with van der Waals surface area (Å²) in [5, 5.41) is 20.2. The third-order valence-corrected chi connectivity index (χ3v) is 5.65. The van der Waals surface area contributed by atoms with Gasteiger partial charge in [0, 0.05) is 17.9 Å². The first-order valence-electron chi connectivity index (χ1n) is 12.2. The number of rotatable bonds is 13. The van der Waals surface area contributed by atoms with E-state index in [9.17, 15) is 24.3 Å². The van der Waals surface area contributed by atoms with Gasteiger partial charge in [-0.25, -0.2) is 4.79 Å². The van der Waals surface area contributed by atoms with Crippen molar-refractivity contribution >= 4 is 35.2 Å². The molecule has 198 valence electrons. The standard InChI is InChI=1S/C28H36N4O5/c1-5-8-21(27(35)36)17-29-26(34)24(15-18(2)3)31-25(33)16-20-11-13-22(14-12-20)30-28(37)32-23-10-7-6-9-19(23)4/h5-7,9-14,18,21,24H,1,8,15-17H2,2-4H3,(H,29,34)(H,31,33)(H,35,36)(H2,30,32,37)/t21-,24-/m0/s1. The highest BCUT2D eigenvalue weighted by Crippen LogP contribution is 2.15. The fraction of sp³-hybridized carbons (Fsp3) is 0.357. The first-order chi connectivity index (χ1) is 17.6. The molecule has 0 heterocycles. The van der Waals surface area contributed by atoms with Gasteiger partial charge in [-0.1, -0.05) is 50.3 Å². The van der Waals surface area contributed by atoms with Gasteiger partial charge >= 0.3 is 12.0 Å². The van der Waals surface area contributed by atoms with Crippen molar-refractivity contribution in [2.75, 3.05) is 17.2 Å². The molecule has 4 amide bonds. The van der Waals surface area contributed by atoms with Crippen LogP contribution in [0.3, 0.4) is 0 Å². The van der Waals surface area contributed by atoms with Crippen molar-refractivity contribution in [1.82, 2.24) is 10.6 Å². The number of carbonyl (C=O) groups excluding carboxylic acids is 3. The Bertz CT molecular complexity index is 1100. The van der Waals surface area contributed by atoms with Crippen molar-refractivity contribution in [3.05, 3.63) is 72.3 Å². The molecule has 0 saturated heterocycles. The van der Waals surface area contributed by atoms with Crippen LogP contribution in [0, 0.1) is 18.8 Å². The zero-order chi connectivity index (χ0) is 27.4. The normalized spacial score (nSPS) is 12.2. The van der Waals surface area contributed by atoms with Crippen molar-refractivity contribution in [2.45, 2.75) is 46.1 Å². The Hall–Kier alpha value is -4.14. The molecule has 9 nitrogen and oxygen atoms in total. The van der Waals surface area contributed by atoms with E-state index in [2.05, 4.69) is 27.8 Å². The number of amides is 4. The molecule has 5 N–H and O–H groups in total. The largest absolute Gasteiger partial charge is 0.481 e. The Balaban J connectivity index is 1.92. The topological polar surface area (TPSA) is 137 Å². The highest BCUT2D eigenvalue weighted by Gasteiger charge is 2.24. The van der Waals surface area contributed by atoms with Crippen molar-refractivity contribution in [2.24, 2.45) is 11.8 Å². The number of carbonyl (C=O) groups is 4. The monoisotopic (exact) mass is 508 g/mol. The summed E-state index contributed by atoms with van der Waals surface area (Å²) < 4.78 is 0. The number of nitrogens with one attached hydrogen (secondary N) is 4. The van der Waals surface area contributed by atoms with E-state index in [0.29, 0.717) is 23.4 Å². The highest BCUT2D eigenvalue weighted by molar-refractivity contribution is 6.00. The van der Waals surface area contributed by atoms with Crippen LogP contribution in [0.4, 0.5) is 16.2 Å². The molecule has 2 atom stereocenters. The molecular formula is C28H36N4O5. The van der Waals surface area contributed by atoms with Gasteiger partial charge in [-0.3, -0.25) is 14.4 Å². The van der Waals surface area contributed by atoms with Gasteiger partial charge in [0.1, 0.15) is 6.04 Å². The van der Waals surface area contributed by atoms with E-state index in [0.717, 1.165) is 5.56 Å². The summed E-state index contributed by atoms with van der Waals surface area (Å²) in [5.41, 5.74) is 2.94. The average Bonchev–Trinajstić information content (AvgIpc) is 2.83. The van der Waals surface area contributed by atoms with Crippen LogP contribution in [-0.2, 0) is 20.8 Å². The number of anilines is 2. The number of carboxylic acid groups (broad SMARTS) is 1. The molecule has 2 aromatic rings. The second-order valence-electron chi connectivity index (χ2n) is 9.32. The van der Waals surface area contributed by atoms with Crippen LogP contribution in [0.25, 0.3) is 0 Å². The Morgan fingerprint density at radius 2 is 1.68 bits per heavy atom. The van der Waals surface area contributed by atoms with Gasteiger partial charge in [0.15, 0.2) is 0 Å². The number of carboxylic acids is 1. The third-order valence-electron chi connectivity index (χ3n) is 5.65. The summed E-state index contributed by atoms with van der Waals surface area (Å²) in [6.07, 6.45) is 2.19. The number of aliphatic carboxylic acids is 1. The molecule has 0 fully saturated rings. The van der Waals surface area contributed by atoms with Crippen LogP contribution in [0.15, 0.2) is 61.2 Å². The lowest BCUT2D eigenvalue weighted by Crippen LogP contribution is -2.49. The quantitative estimate of drug-likeness (QED) is 0.259. The number of aryl methyl sites for hydroxylation is 1. The molecule has 2 rings (SSSR count). The van der Waals surface area contributed by atoms with E-state index in [-0.39, 0.29) is 37.2 Å². The van der Waals surface area contributed by atoms with Crippen LogP contribution in [0.1, 0.15) is 37.8 Å². The van der Waals surface area contributed by atoms with Gasteiger partial charge in [-0.05, 0) is 55.0 Å². The number of hydrogen-bond donors (Lipinski definition) is 5. The fourth-order valence-electron chi connectivity index (χ4n) is 3.66. The van der Waals surface area contributed by atoms with Crippen LogP contribution >= 0.6 is 0 Å². The summed E-state index contributed by atoms with van der Waals surface area (Å²) in [6, 6.07) is 13.2. The summed E-state index contributed by atoms with van der Waals surface area (Å²) in [6.45, 7) is 9.28. The van der Waals surface area contributed by atoms with Crippen molar-refractivity contribution in [3.63, 3.8) is 0 Å². The zero-order valence-electron chi connectivity index (χ0n) is 21.5. The predicted octanol–water partition coefficient (Wildman–Crippen LogP) is 4.11. The molecule has 0 unspecified atom stereocenters. The maximum absolute atomic E-state index is 12.7. The minimum atomic E-state index is -1.02. The molecule has 0 aromatic heterocycles. The van der Waals surface area contributed by atoms with Gasteiger partial charge in [0.05, 0.1) is 12.3 Å². The second kappa shape index (κ2) is 14.4. The molecule has 2 aromatic carbocycles. The van der Waals surface area contributed by atoms with E-state index in [1.165, 1.54) is 6.08 Å². The smallest absolute Gasteiger partial charge is 0.323 e. The van der Waals surface area contributed by atoms with Crippen LogP contribution < -0.4 is 21.3 Å². The SMILES string of the molecule is C=CC[C@@H](CNC(=O)[C@H](CC(C)C)NC(=O)Cc1ccc(NC(=O)Nc2ccccc2C)cc1)C(=O)O. The first kappa shape index (κ1) is 29.1. The summed E-state index contributed by atoms with van der Waals surface area (Å²) in [5.74, 6) is -2.41. The van der Waals surface area contributed by atoms with Gasteiger partial charge in [0.2, 0.25) is 11.8 Å². The molecule has 0 spiro atoms. The Labute approximate surface area is 217 Å². The third kappa shape index (κ3) is 10.2. The number of allylic oxidation sites excluding steroid dienone is 1. The maximum atomic E-state index is 12.7. The van der Waals surface area contributed by atoms with E-state index < -0.39 is 23.8 Å². The van der Waals surface area contributed by atoms with Crippen LogP contribution in [0.2, 0.25) is 0 Å². The number of benzene rings is 2. The molecule has 0 bridgehead atoms. The van der Waals surface area contributed by atoms with Gasteiger partial charge < -0.3 is 26.4 Å². The molecule has 0 aliphatic rings.